The van der Waals surface area contributed by atoms with E-state index in [1.54, 1.807) is 12.1 Å². The molecule has 5 heteroatoms. The van der Waals surface area contributed by atoms with Crippen LogP contribution in [-0.4, -0.2) is 22.1 Å². The molecular weight excluding hydrogens is 317 g/mol. The smallest absolute Gasteiger partial charge is 0.255 e. The highest BCUT2D eigenvalue weighted by Gasteiger charge is 2.22. The van der Waals surface area contributed by atoms with Gasteiger partial charge in [-0.3, -0.25) is 9.89 Å². The van der Waals surface area contributed by atoms with Gasteiger partial charge in [-0.15, -0.1) is 0 Å². The van der Waals surface area contributed by atoms with Crippen LogP contribution >= 0.6 is 0 Å². The minimum absolute atomic E-state index is 0.0951. The molecule has 1 atom stereocenters. The molecule has 0 spiro atoms. The number of nitrogens with one attached hydrogen (secondary N) is 2. The van der Waals surface area contributed by atoms with E-state index in [0.29, 0.717) is 16.8 Å². The summed E-state index contributed by atoms with van der Waals surface area (Å²) < 4.78 is 13.5. The van der Waals surface area contributed by atoms with E-state index >= 15 is 0 Å². The second-order valence-corrected chi connectivity index (χ2v) is 6.35. The fourth-order valence-corrected chi connectivity index (χ4v) is 3.41. The fraction of sp³-hybridized carbons (Fsp3) is 0.200. The average molecular weight is 335 g/mol. The summed E-state index contributed by atoms with van der Waals surface area (Å²) in [5.74, 6) is -0.528. The first-order valence-electron chi connectivity index (χ1n) is 8.37. The zero-order valence-corrected chi connectivity index (χ0v) is 13.6. The predicted octanol–water partition coefficient (Wildman–Crippen LogP) is 3.50. The molecule has 1 heterocycles. The maximum Gasteiger partial charge on any atom is 0.255 e. The minimum atomic E-state index is -0.345. The molecule has 0 bridgehead atoms. The Kier molecular flexibility index (Phi) is 4.06. The number of aromatic nitrogens is 2. The SMILES string of the molecule is O=C(N[C@H]1CCc2ccccc2C1)c1cn[nH]c1-c1cccc(F)c1. The number of rotatable bonds is 3. The van der Waals surface area contributed by atoms with E-state index in [1.165, 1.54) is 29.5 Å². The highest BCUT2D eigenvalue weighted by atomic mass is 19.1. The van der Waals surface area contributed by atoms with Crippen molar-refractivity contribution in [1.29, 1.82) is 0 Å². The number of amides is 1. The molecule has 25 heavy (non-hydrogen) atoms. The summed E-state index contributed by atoms with van der Waals surface area (Å²) in [5.41, 5.74) is 4.22. The van der Waals surface area contributed by atoms with Crippen LogP contribution in [0, 0.1) is 5.82 Å². The largest absolute Gasteiger partial charge is 0.349 e. The van der Waals surface area contributed by atoms with Crippen LogP contribution < -0.4 is 5.32 Å². The molecule has 0 aliphatic heterocycles. The van der Waals surface area contributed by atoms with Gasteiger partial charge in [-0.05, 0) is 42.5 Å². The number of aromatic amines is 1. The molecule has 1 amide bonds. The Morgan fingerprint density at radius 3 is 2.84 bits per heavy atom. The number of nitrogens with zero attached hydrogens (tertiary/aromatic N) is 1. The van der Waals surface area contributed by atoms with Crippen molar-refractivity contribution in [1.82, 2.24) is 15.5 Å². The highest BCUT2D eigenvalue weighted by Crippen LogP contribution is 2.24. The molecule has 0 saturated carbocycles. The quantitative estimate of drug-likeness (QED) is 0.770. The molecule has 0 unspecified atom stereocenters. The van der Waals surface area contributed by atoms with Crippen LogP contribution in [0.3, 0.4) is 0 Å². The lowest BCUT2D eigenvalue weighted by Crippen LogP contribution is -2.38. The zero-order chi connectivity index (χ0) is 17.2. The molecule has 2 N–H and O–H groups in total. The van der Waals surface area contributed by atoms with Gasteiger partial charge in [0, 0.05) is 11.6 Å². The molecule has 4 nitrogen and oxygen atoms in total. The summed E-state index contributed by atoms with van der Waals surface area (Å²) in [6.45, 7) is 0. The average Bonchev–Trinajstić information content (AvgIpc) is 3.11. The molecule has 3 aromatic rings. The summed E-state index contributed by atoms with van der Waals surface area (Å²) in [5, 5.41) is 9.87. The number of H-pyrrole nitrogens is 1. The zero-order valence-electron chi connectivity index (χ0n) is 13.6. The minimum Gasteiger partial charge on any atom is -0.349 e. The summed E-state index contributed by atoms with van der Waals surface area (Å²) in [6, 6.07) is 14.6. The fourth-order valence-electron chi connectivity index (χ4n) is 3.41. The first-order chi connectivity index (χ1) is 12.2. The molecule has 2 aromatic carbocycles. The molecule has 126 valence electrons. The lowest BCUT2D eigenvalue weighted by molar-refractivity contribution is 0.0934. The maximum absolute atomic E-state index is 13.5. The third-order valence-corrected chi connectivity index (χ3v) is 4.68. The van der Waals surface area contributed by atoms with Crippen LogP contribution in [0.15, 0.2) is 54.7 Å². The van der Waals surface area contributed by atoms with Gasteiger partial charge in [0.2, 0.25) is 0 Å². The summed E-state index contributed by atoms with van der Waals surface area (Å²) in [4.78, 5) is 12.7. The van der Waals surface area contributed by atoms with E-state index in [2.05, 4.69) is 33.7 Å². The van der Waals surface area contributed by atoms with Crippen molar-refractivity contribution >= 4 is 5.91 Å². The van der Waals surface area contributed by atoms with Gasteiger partial charge >= 0.3 is 0 Å². The Bertz CT molecular complexity index is 919. The molecule has 0 saturated heterocycles. The van der Waals surface area contributed by atoms with Crippen LogP contribution in [-0.2, 0) is 12.8 Å². The van der Waals surface area contributed by atoms with Crippen LogP contribution in [0.4, 0.5) is 4.39 Å². The Labute approximate surface area is 145 Å². The number of halogens is 1. The van der Waals surface area contributed by atoms with Gasteiger partial charge in [-0.1, -0.05) is 36.4 Å². The number of hydrogen-bond donors (Lipinski definition) is 2. The number of benzene rings is 2. The van der Waals surface area contributed by atoms with Gasteiger partial charge in [0.15, 0.2) is 0 Å². The third kappa shape index (κ3) is 3.18. The number of aryl methyl sites for hydroxylation is 1. The van der Waals surface area contributed by atoms with Gasteiger partial charge in [-0.25, -0.2) is 4.39 Å². The topological polar surface area (TPSA) is 57.8 Å². The first-order valence-corrected chi connectivity index (χ1v) is 8.37. The summed E-state index contributed by atoms with van der Waals surface area (Å²) in [7, 11) is 0. The Hall–Kier alpha value is -2.95. The summed E-state index contributed by atoms with van der Waals surface area (Å²) >= 11 is 0. The van der Waals surface area contributed by atoms with Crippen LogP contribution in [0.25, 0.3) is 11.3 Å². The van der Waals surface area contributed by atoms with Crippen molar-refractivity contribution in [3.63, 3.8) is 0 Å². The summed E-state index contributed by atoms with van der Waals surface area (Å²) in [6.07, 6.45) is 4.20. The van der Waals surface area contributed by atoms with Crippen LogP contribution in [0.2, 0.25) is 0 Å². The lowest BCUT2D eigenvalue weighted by atomic mass is 9.88. The number of hydrogen-bond acceptors (Lipinski definition) is 2. The van der Waals surface area contributed by atoms with Crippen molar-refractivity contribution in [3.05, 3.63) is 77.2 Å². The van der Waals surface area contributed by atoms with Gasteiger partial charge < -0.3 is 5.32 Å². The third-order valence-electron chi connectivity index (χ3n) is 4.68. The normalized spacial score (nSPS) is 16.3. The van der Waals surface area contributed by atoms with Crippen molar-refractivity contribution in [2.75, 3.05) is 0 Å². The number of carbonyl (C=O) groups is 1. The van der Waals surface area contributed by atoms with Crippen molar-refractivity contribution in [2.24, 2.45) is 0 Å². The molecule has 1 aliphatic rings. The predicted molar refractivity (Wildman–Crippen MR) is 93.7 cm³/mol. The van der Waals surface area contributed by atoms with E-state index in [1.807, 2.05) is 6.07 Å². The van der Waals surface area contributed by atoms with Gasteiger partial charge in [-0.2, -0.15) is 5.10 Å². The molecule has 0 fully saturated rings. The van der Waals surface area contributed by atoms with E-state index in [4.69, 9.17) is 0 Å². The Balaban J connectivity index is 1.52. The van der Waals surface area contributed by atoms with E-state index in [9.17, 15) is 9.18 Å². The number of carbonyl (C=O) groups excluding carboxylic acids is 1. The van der Waals surface area contributed by atoms with E-state index in [0.717, 1.165) is 19.3 Å². The van der Waals surface area contributed by atoms with Crippen LogP contribution in [0.1, 0.15) is 27.9 Å². The van der Waals surface area contributed by atoms with E-state index in [-0.39, 0.29) is 17.8 Å². The molecule has 4 rings (SSSR count). The van der Waals surface area contributed by atoms with E-state index < -0.39 is 0 Å². The Morgan fingerprint density at radius 2 is 2.00 bits per heavy atom. The van der Waals surface area contributed by atoms with Gasteiger partial charge in [0.05, 0.1) is 17.5 Å². The maximum atomic E-state index is 13.5. The van der Waals surface area contributed by atoms with Crippen molar-refractivity contribution < 1.29 is 9.18 Å². The number of fused-ring (bicyclic) bond motifs is 1. The van der Waals surface area contributed by atoms with Crippen molar-refractivity contribution in [2.45, 2.75) is 25.3 Å². The lowest BCUT2D eigenvalue weighted by Gasteiger charge is -2.25. The molecular formula is C20H18FN3O. The monoisotopic (exact) mass is 335 g/mol. The molecule has 0 radical (unpaired) electrons. The van der Waals surface area contributed by atoms with Crippen LogP contribution in [0.5, 0.6) is 0 Å². The molecule has 1 aromatic heterocycles. The highest BCUT2D eigenvalue weighted by molar-refractivity contribution is 5.99. The standard InChI is InChI=1S/C20H18FN3O/c21-16-7-3-6-15(10-16)19-18(12-22-24-19)20(25)23-17-9-8-13-4-1-2-5-14(13)11-17/h1-7,10,12,17H,8-9,11H2,(H,22,24)(H,23,25)/t17-/m0/s1. The Morgan fingerprint density at radius 1 is 1.16 bits per heavy atom. The second-order valence-electron chi connectivity index (χ2n) is 6.35. The van der Waals surface area contributed by atoms with Gasteiger partial charge in [0.25, 0.3) is 5.91 Å². The molecule has 1 aliphatic carbocycles. The first kappa shape index (κ1) is 15.6. The second kappa shape index (κ2) is 6.51. The van der Waals surface area contributed by atoms with Gasteiger partial charge in [0.1, 0.15) is 5.82 Å². The van der Waals surface area contributed by atoms with Crippen molar-refractivity contribution in [3.8, 4) is 11.3 Å².